The zero-order valence-corrected chi connectivity index (χ0v) is 22.3. The van der Waals surface area contributed by atoms with Gasteiger partial charge in [0.2, 0.25) is 5.43 Å². The topological polar surface area (TPSA) is 97.9 Å². The highest BCUT2D eigenvalue weighted by molar-refractivity contribution is 5.93. The summed E-state index contributed by atoms with van der Waals surface area (Å²) in [6, 6.07) is 16.5. The SMILES string of the molecule is Cc1cc(OCCN(C)C)c2oc3cc(Oc4ccc(CCc5ccc(CO)nc5)nc4)ccc3c(=O)c2c1. The van der Waals surface area contributed by atoms with Crippen LogP contribution in [0.5, 0.6) is 17.2 Å². The van der Waals surface area contributed by atoms with Crippen molar-refractivity contribution in [2.75, 3.05) is 27.2 Å². The van der Waals surface area contributed by atoms with Crippen molar-refractivity contribution in [3.8, 4) is 17.2 Å². The maximum atomic E-state index is 13.3. The molecule has 0 amide bonds. The molecule has 200 valence electrons. The first-order valence-electron chi connectivity index (χ1n) is 12.9. The van der Waals surface area contributed by atoms with Crippen LogP contribution in [0.25, 0.3) is 21.9 Å². The lowest BCUT2D eigenvalue weighted by Crippen LogP contribution is -2.19. The lowest BCUT2D eigenvalue weighted by Gasteiger charge is -2.13. The molecule has 0 saturated carbocycles. The molecule has 2 aromatic carbocycles. The zero-order valence-electron chi connectivity index (χ0n) is 22.3. The van der Waals surface area contributed by atoms with Crippen molar-refractivity contribution in [1.82, 2.24) is 14.9 Å². The highest BCUT2D eigenvalue weighted by Gasteiger charge is 2.14. The Morgan fingerprint density at radius 2 is 1.69 bits per heavy atom. The Balaban J connectivity index is 1.34. The van der Waals surface area contributed by atoms with E-state index in [0.29, 0.717) is 51.5 Å². The van der Waals surface area contributed by atoms with Crippen molar-refractivity contribution in [2.24, 2.45) is 0 Å². The molecule has 0 bridgehead atoms. The number of fused-ring (bicyclic) bond motifs is 2. The number of benzene rings is 2. The van der Waals surface area contributed by atoms with Crippen molar-refractivity contribution in [1.29, 1.82) is 0 Å². The second-order valence-corrected chi connectivity index (χ2v) is 9.78. The minimum Gasteiger partial charge on any atom is -0.488 e. The monoisotopic (exact) mass is 525 g/mol. The van der Waals surface area contributed by atoms with Crippen LogP contribution in [-0.4, -0.2) is 47.2 Å². The number of rotatable bonds is 10. The maximum absolute atomic E-state index is 13.3. The summed E-state index contributed by atoms with van der Waals surface area (Å²) < 4.78 is 18.2. The second kappa shape index (κ2) is 11.6. The Bertz CT molecular complexity index is 1640. The summed E-state index contributed by atoms with van der Waals surface area (Å²) in [5.41, 5.74) is 4.36. The number of hydrogen-bond acceptors (Lipinski definition) is 8. The number of aryl methyl sites for hydroxylation is 3. The van der Waals surface area contributed by atoms with E-state index in [0.717, 1.165) is 36.2 Å². The molecule has 0 atom stereocenters. The third-order valence-electron chi connectivity index (χ3n) is 6.40. The van der Waals surface area contributed by atoms with Gasteiger partial charge in [0.05, 0.1) is 29.3 Å². The zero-order chi connectivity index (χ0) is 27.4. The van der Waals surface area contributed by atoms with Crippen LogP contribution in [0.15, 0.2) is 76.2 Å². The summed E-state index contributed by atoms with van der Waals surface area (Å²) in [5, 5.41) is 10.1. The Morgan fingerprint density at radius 1 is 0.897 bits per heavy atom. The smallest absolute Gasteiger partial charge is 0.200 e. The van der Waals surface area contributed by atoms with E-state index in [9.17, 15) is 4.79 Å². The minimum absolute atomic E-state index is 0.0601. The maximum Gasteiger partial charge on any atom is 0.200 e. The summed E-state index contributed by atoms with van der Waals surface area (Å²) in [4.78, 5) is 24.1. The predicted molar refractivity (Wildman–Crippen MR) is 151 cm³/mol. The molecule has 3 heterocycles. The molecule has 0 spiro atoms. The lowest BCUT2D eigenvalue weighted by molar-refractivity contribution is 0.261. The van der Waals surface area contributed by atoms with Gasteiger partial charge in [-0.25, -0.2) is 0 Å². The van der Waals surface area contributed by atoms with Crippen molar-refractivity contribution < 1.29 is 19.0 Å². The first kappa shape index (κ1) is 26.3. The van der Waals surface area contributed by atoms with E-state index in [1.807, 2.05) is 62.3 Å². The largest absolute Gasteiger partial charge is 0.488 e. The summed E-state index contributed by atoms with van der Waals surface area (Å²) in [6.07, 6.45) is 5.02. The average molecular weight is 526 g/mol. The van der Waals surface area contributed by atoms with Gasteiger partial charge in [0.15, 0.2) is 11.3 Å². The molecule has 1 N–H and O–H groups in total. The van der Waals surface area contributed by atoms with Gasteiger partial charge >= 0.3 is 0 Å². The van der Waals surface area contributed by atoms with Crippen LogP contribution in [0.1, 0.15) is 22.5 Å². The Labute approximate surface area is 226 Å². The summed E-state index contributed by atoms with van der Waals surface area (Å²) in [5.74, 6) is 1.67. The van der Waals surface area contributed by atoms with Gasteiger partial charge in [-0.2, -0.15) is 0 Å². The van der Waals surface area contributed by atoms with Gasteiger partial charge in [0.1, 0.15) is 23.7 Å². The summed E-state index contributed by atoms with van der Waals surface area (Å²) in [6.45, 7) is 3.10. The minimum atomic E-state index is -0.105. The van der Waals surface area contributed by atoms with Crippen LogP contribution >= 0.6 is 0 Å². The molecular weight excluding hydrogens is 494 g/mol. The number of ether oxygens (including phenoxy) is 2. The summed E-state index contributed by atoms with van der Waals surface area (Å²) in [7, 11) is 3.96. The van der Waals surface area contributed by atoms with Gasteiger partial charge in [0.25, 0.3) is 0 Å². The molecule has 0 unspecified atom stereocenters. The molecule has 0 fully saturated rings. The highest BCUT2D eigenvalue weighted by atomic mass is 16.5. The van der Waals surface area contributed by atoms with E-state index < -0.39 is 0 Å². The fourth-order valence-corrected chi connectivity index (χ4v) is 4.28. The number of nitrogens with zero attached hydrogens (tertiary/aromatic N) is 3. The fourth-order valence-electron chi connectivity index (χ4n) is 4.28. The molecule has 0 saturated heterocycles. The average Bonchev–Trinajstić information content (AvgIpc) is 2.93. The number of aliphatic hydroxyl groups is 1. The lowest BCUT2D eigenvalue weighted by atomic mass is 10.1. The Kier molecular flexibility index (Phi) is 7.86. The molecule has 8 heteroatoms. The third-order valence-corrected chi connectivity index (χ3v) is 6.40. The van der Waals surface area contributed by atoms with Gasteiger partial charge < -0.3 is 23.9 Å². The van der Waals surface area contributed by atoms with Gasteiger partial charge in [-0.05, 0) is 87.5 Å². The third kappa shape index (κ3) is 6.25. The number of aliphatic hydroxyl groups excluding tert-OH is 1. The van der Waals surface area contributed by atoms with Crippen molar-refractivity contribution in [3.63, 3.8) is 0 Å². The Morgan fingerprint density at radius 3 is 2.41 bits per heavy atom. The van der Waals surface area contributed by atoms with Gasteiger partial charge in [-0.1, -0.05) is 6.07 Å². The van der Waals surface area contributed by atoms with E-state index in [1.165, 1.54) is 0 Å². The molecular formula is C31H31N3O5. The van der Waals surface area contributed by atoms with Crippen LogP contribution in [0, 0.1) is 6.92 Å². The molecule has 0 aliphatic carbocycles. The summed E-state index contributed by atoms with van der Waals surface area (Å²) >= 11 is 0. The number of pyridine rings is 2. The fraction of sp³-hybridized carbons (Fsp3) is 0.258. The molecule has 0 radical (unpaired) electrons. The number of likely N-dealkylation sites (N-methyl/N-ethyl adjacent to an activating group) is 1. The predicted octanol–water partition coefficient (Wildman–Crippen LogP) is 5.05. The van der Waals surface area contributed by atoms with Crippen LogP contribution in [0.4, 0.5) is 0 Å². The highest BCUT2D eigenvalue weighted by Crippen LogP contribution is 2.31. The van der Waals surface area contributed by atoms with E-state index in [1.54, 1.807) is 30.6 Å². The molecule has 39 heavy (non-hydrogen) atoms. The normalized spacial score (nSPS) is 11.4. The van der Waals surface area contributed by atoms with Crippen molar-refractivity contribution in [3.05, 3.63) is 99.7 Å². The van der Waals surface area contributed by atoms with E-state index in [2.05, 4.69) is 9.97 Å². The van der Waals surface area contributed by atoms with Gasteiger partial charge in [-0.3, -0.25) is 14.8 Å². The van der Waals surface area contributed by atoms with Gasteiger partial charge in [-0.15, -0.1) is 0 Å². The number of aromatic nitrogens is 2. The van der Waals surface area contributed by atoms with Crippen LogP contribution in [0.2, 0.25) is 0 Å². The van der Waals surface area contributed by atoms with Crippen LogP contribution in [0.3, 0.4) is 0 Å². The van der Waals surface area contributed by atoms with Gasteiger partial charge in [0, 0.05) is 24.5 Å². The van der Waals surface area contributed by atoms with E-state index >= 15 is 0 Å². The van der Waals surface area contributed by atoms with E-state index in [-0.39, 0.29) is 12.0 Å². The van der Waals surface area contributed by atoms with E-state index in [4.69, 9.17) is 19.0 Å². The number of hydrogen-bond donors (Lipinski definition) is 1. The standard InChI is InChI=1S/C31H31N3O5/c1-20-14-27-30(36)26-11-10-24(16-28(26)39-31(27)29(15-20)37-13-12-34(2)3)38-25-9-8-22(33-18-25)6-4-21-5-7-23(19-35)32-17-21/h5,7-11,14-18,35H,4,6,12-13,19H2,1-3H3. The van der Waals surface area contributed by atoms with Crippen molar-refractivity contribution in [2.45, 2.75) is 26.4 Å². The quantitative estimate of drug-likeness (QED) is 0.253. The Hall–Kier alpha value is -4.27. The molecule has 5 aromatic rings. The molecule has 8 nitrogen and oxygen atoms in total. The van der Waals surface area contributed by atoms with Crippen molar-refractivity contribution >= 4 is 21.9 Å². The first-order valence-corrected chi connectivity index (χ1v) is 12.9. The molecule has 5 rings (SSSR count). The second-order valence-electron chi connectivity index (χ2n) is 9.78. The van der Waals surface area contributed by atoms with Crippen LogP contribution < -0.4 is 14.9 Å². The first-order chi connectivity index (χ1) is 18.9. The van der Waals surface area contributed by atoms with Crippen LogP contribution in [-0.2, 0) is 19.4 Å². The molecule has 0 aliphatic rings. The molecule has 0 aliphatic heterocycles. The molecule has 3 aromatic heterocycles.